The lowest BCUT2D eigenvalue weighted by Crippen LogP contribution is -2.37. The first-order chi connectivity index (χ1) is 12.9. The zero-order chi connectivity index (χ0) is 19.8. The van der Waals surface area contributed by atoms with Gasteiger partial charge in [-0.3, -0.25) is 4.79 Å². The van der Waals surface area contributed by atoms with Gasteiger partial charge in [0.1, 0.15) is 12.6 Å². The molecule has 2 rings (SSSR count). The molecule has 146 valence electrons. The Morgan fingerprint density at radius 1 is 1.11 bits per heavy atom. The van der Waals surface area contributed by atoms with Crippen molar-refractivity contribution in [3.05, 3.63) is 59.2 Å². The first kappa shape index (κ1) is 20.8. The van der Waals surface area contributed by atoms with Crippen LogP contribution >= 0.6 is 0 Å². The molecular weight excluding hydrogens is 342 g/mol. The van der Waals surface area contributed by atoms with E-state index in [2.05, 4.69) is 5.32 Å². The number of nitrogens with one attached hydrogen (secondary N) is 1. The van der Waals surface area contributed by atoms with Gasteiger partial charge in [0.25, 0.3) is 0 Å². The van der Waals surface area contributed by atoms with Crippen LogP contribution in [0.25, 0.3) is 0 Å². The topological polar surface area (TPSA) is 67.8 Å². The van der Waals surface area contributed by atoms with Gasteiger partial charge in [-0.05, 0) is 36.5 Å². The first-order valence-corrected chi connectivity index (χ1v) is 9.21. The smallest absolute Gasteiger partial charge is 0.320 e. The molecule has 0 aliphatic rings. The van der Waals surface area contributed by atoms with Gasteiger partial charge in [-0.1, -0.05) is 50.2 Å². The summed E-state index contributed by atoms with van der Waals surface area (Å²) in [5.74, 6) is 0.734. The molecule has 0 saturated carbocycles. The number of aryl methyl sites for hydroxylation is 1. The van der Waals surface area contributed by atoms with Crippen LogP contribution in [0.4, 0.5) is 0 Å². The Labute approximate surface area is 161 Å². The maximum Gasteiger partial charge on any atom is 0.320 e. The highest BCUT2D eigenvalue weighted by Crippen LogP contribution is 2.32. The Bertz CT molecular complexity index is 758. The lowest BCUT2D eigenvalue weighted by Gasteiger charge is -2.19. The van der Waals surface area contributed by atoms with Gasteiger partial charge in [0.2, 0.25) is 0 Å². The van der Waals surface area contributed by atoms with Crippen LogP contribution < -0.4 is 14.8 Å². The number of carboxylic acids is 1. The summed E-state index contributed by atoms with van der Waals surface area (Å²) in [7, 11) is 1.60. The van der Waals surface area contributed by atoms with E-state index in [1.54, 1.807) is 7.11 Å². The van der Waals surface area contributed by atoms with Crippen LogP contribution in [0.15, 0.2) is 42.5 Å². The van der Waals surface area contributed by atoms with Gasteiger partial charge < -0.3 is 19.9 Å². The van der Waals surface area contributed by atoms with E-state index >= 15 is 0 Å². The third kappa shape index (κ3) is 6.00. The molecule has 0 fully saturated rings. The van der Waals surface area contributed by atoms with Crippen LogP contribution in [0, 0.1) is 12.8 Å². The normalized spacial score (nSPS) is 12.0. The molecule has 2 aromatic rings. The second-order valence-electron chi connectivity index (χ2n) is 7.06. The van der Waals surface area contributed by atoms with Crippen molar-refractivity contribution in [2.75, 3.05) is 7.11 Å². The standard InChI is InChI=1S/C22H29NO4/c1-15(2)12-19(22(24)25)23-13-17-10-7-11-20(26-4)21(17)27-14-18-9-6-5-8-16(18)3/h5-11,15,19,23H,12-14H2,1-4H3,(H,24,25). The van der Waals surface area contributed by atoms with Gasteiger partial charge in [-0.15, -0.1) is 0 Å². The number of carbonyl (C=O) groups is 1. The predicted molar refractivity (Wildman–Crippen MR) is 106 cm³/mol. The minimum Gasteiger partial charge on any atom is -0.493 e. The molecule has 1 atom stereocenters. The van der Waals surface area contributed by atoms with E-state index in [1.807, 2.05) is 63.2 Å². The van der Waals surface area contributed by atoms with Crippen LogP contribution in [0.2, 0.25) is 0 Å². The maximum atomic E-state index is 11.5. The third-order valence-electron chi connectivity index (χ3n) is 4.46. The molecule has 0 saturated heterocycles. The summed E-state index contributed by atoms with van der Waals surface area (Å²) in [4.78, 5) is 11.5. The van der Waals surface area contributed by atoms with E-state index in [-0.39, 0.29) is 0 Å². The van der Waals surface area contributed by atoms with Gasteiger partial charge in [0.05, 0.1) is 7.11 Å². The number of hydrogen-bond acceptors (Lipinski definition) is 4. The number of aliphatic carboxylic acids is 1. The Balaban J connectivity index is 2.16. The molecular formula is C22H29NO4. The molecule has 1 unspecified atom stereocenters. The molecule has 0 aliphatic heterocycles. The minimum absolute atomic E-state index is 0.292. The summed E-state index contributed by atoms with van der Waals surface area (Å²) in [6, 6.07) is 13.1. The summed E-state index contributed by atoms with van der Waals surface area (Å²) in [5.41, 5.74) is 3.14. The zero-order valence-electron chi connectivity index (χ0n) is 16.5. The Morgan fingerprint density at radius 3 is 2.44 bits per heavy atom. The zero-order valence-corrected chi connectivity index (χ0v) is 16.5. The van der Waals surface area contributed by atoms with E-state index in [0.29, 0.717) is 37.0 Å². The summed E-state index contributed by atoms with van der Waals surface area (Å²) in [5, 5.41) is 12.6. The second-order valence-corrected chi connectivity index (χ2v) is 7.06. The molecule has 27 heavy (non-hydrogen) atoms. The van der Waals surface area contributed by atoms with Crippen molar-refractivity contribution in [3.63, 3.8) is 0 Å². The van der Waals surface area contributed by atoms with Crippen molar-refractivity contribution in [2.45, 2.75) is 46.4 Å². The van der Waals surface area contributed by atoms with Crippen LogP contribution in [0.1, 0.15) is 37.0 Å². The molecule has 0 heterocycles. The molecule has 0 radical (unpaired) electrons. The van der Waals surface area contributed by atoms with Gasteiger partial charge in [0.15, 0.2) is 11.5 Å². The van der Waals surface area contributed by atoms with Gasteiger partial charge in [-0.25, -0.2) is 0 Å². The maximum absolute atomic E-state index is 11.5. The second kappa shape index (κ2) is 9.97. The lowest BCUT2D eigenvalue weighted by molar-refractivity contribution is -0.140. The van der Waals surface area contributed by atoms with Crippen molar-refractivity contribution in [2.24, 2.45) is 5.92 Å². The van der Waals surface area contributed by atoms with Crippen molar-refractivity contribution in [3.8, 4) is 11.5 Å². The van der Waals surface area contributed by atoms with Crippen LogP contribution in [-0.2, 0) is 17.9 Å². The Morgan fingerprint density at radius 2 is 1.81 bits per heavy atom. The fraction of sp³-hybridized carbons (Fsp3) is 0.409. The quantitative estimate of drug-likeness (QED) is 0.656. The summed E-state index contributed by atoms with van der Waals surface area (Å²) >= 11 is 0. The fourth-order valence-corrected chi connectivity index (χ4v) is 2.92. The minimum atomic E-state index is -0.839. The Kier molecular flexibility index (Phi) is 7.67. The first-order valence-electron chi connectivity index (χ1n) is 9.21. The predicted octanol–water partition coefficient (Wildman–Crippen LogP) is 4.17. The van der Waals surface area contributed by atoms with Crippen molar-refractivity contribution < 1.29 is 19.4 Å². The van der Waals surface area contributed by atoms with Crippen molar-refractivity contribution in [1.29, 1.82) is 0 Å². The summed E-state index contributed by atoms with van der Waals surface area (Å²) in [6.07, 6.45) is 0.568. The molecule has 5 heteroatoms. The average molecular weight is 371 g/mol. The highest BCUT2D eigenvalue weighted by molar-refractivity contribution is 5.73. The number of ether oxygens (including phenoxy) is 2. The molecule has 0 bridgehead atoms. The molecule has 2 N–H and O–H groups in total. The van der Waals surface area contributed by atoms with Crippen LogP contribution in [0.3, 0.4) is 0 Å². The van der Waals surface area contributed by atoms with Crippen molar-refractivity contribution >= 4 is 5.97 Å². The summed E-state index contributed by atoms with van der Waals surface area (Å²) < 4.78 is 11.5. The average Bonchev–Trinajstić information content (AvgIpc) is 2.64. The number of para-hydroxylation sites is 1. The number of carboxylic acid groups (broad SMARTS) is 1. The lowest BCUT2D eigenvalue weighted by atomic mass is 10.0. The number of rotatable bonds is 10. The molecule has 0 aliphatic carbocycles. The molecule has 5 nitrogen and oxygen atoms in total. The van der Waals surface area contributed by atoms with Crippen molar-refractivity contribution in [1.82, 2.24) is 5.32 Å². The van der Waals surface area contributed by atoms with Gasteiger partial charge >= 0.3 is 5.97 Å². The van der Waals surface area contributed by atoms with E-state index in [4.69, 9.17) is 9.47 Å². The Hall–Kier alpha value is -2.53. The van der Waals surface area contributed by atoms with E-state index < -0.39 is 12.0 Å². The largest absolute Gasteiger partial charge is 0.493 e. The fourth-order valence-electron chi connectivity index (χ4n) is 2.92. The number of methoxy groups -OCH3 is 1. The van der Waals surface area contributed by atoms with Crippen LogP contribution in [0.5, 0.6) is 11.5 Å². The number of benzene rings is 2. The SMILES string of the molecule is COc1cccc(CNC(CC(C)C)C(=O)O)c1OCc1ccccc1C. The molecule has 0 amide bonds. The molecule has 0 spiro atoms. The third-order valence-corrected chi connectivity index (χ3v) is 4.46. The summed E-state index contributed by atoms with van der Waals surface area (Å²) in [6.45, 7) is 6.89. The highest BCUT2D eigenvalue weighted by Gasteiger charge is 2.19. The molecule has 2 aromatic carbocycles. The van der Waals surface area contributed by atoms with Crippen LogP contribution in [-0.4, -0.2) is 24.2 Å². The highest BCUT2D eigenvalue weighted by atomic mass is 16.5. The van der Waals surface area contributed by atoms with Gasteiger partial charge in [-0.2, -0.15) is 0 Å². The van der Waals surface area contributed by atoms with Gasteiger partial charge in [0, 0.05) is 12.1 Å². The number of hydrogen-bond donors (Lipinski definition) is 2. The van der Waals surface area contributed by atoms with E-state index in [1.165, 1.54) is 0 Å². The van der Waals surface area contributed by atoms with E-state index in [9.17, 15) is 9.90 Å². The van der Waals surface area contributed by atoms with E-state index in [0.717, 1.165) is 16.7 Å². The monoisotopic (exact) mass is 371 g/mol. The molecule has 0 aromatic heterocycles.